The molecule has 0 radical (unpaired) electrons. The highest BCUT2D eigenvalue weighted by Crippen LogP contribution is 2.36. The number of carbonyl (C=O) groups is 2. The summed E-state index contributed by atoms with van der Waals surface area (Å²) in [6.07, 6.45) is 5.63. The zero-order chi connectivity index (χ0) is 36.8. The van der Waals surface area contributed by atoms with Gasteiger partial charge in [-0.1, -0.05) is 35.9 Å². The molecule has 4 aromatic heterocycles. The molecular formula is C41H41Cl2N7O4. The summed E-state index contributed by atoms with van der Waals surface area (Å²) in [7, 11) is 3.80. The van der Waals surface area contributed by atoms with Crippen LogP contribution in [0.15, 0.2) is 91.4 Å². The molecule has 278 valence electrons. The summed E-state index contributed by atoms with van der Waals surface area (Å²) in [5, 5.41) is 11.4. The number of rotatable bonds is 7. The van der Waals surface area contributed by atoms with Crippen molar-refractivity contribution in [1.82, 2.24) is 28.9 Å². The van der Waals surface area contributed by atoms with Crippen LogP contribution in [0.1, 0.15) is 37.5 Å². The lowest BCUT2D eigenvalue weighted by Crippen LogP contribution is -2.52. The quantitative estimate of drug-likeness (QED) is 0.188. The van der Waals surface area contributed by atoms with Crippen LogP contribution in [-0.4, -0.2) is 84.7 Å². The molecule has 2 amide bonds. The largest absolute Gasteiger partial charge is 0.506 e. The Morgan fingerprint density at radius 1 is 0.944 bits per heavy atom. The van der Waals surface area contributed by atoms with E-state index in [2.05, 4.69) is 33.1 Å². The van der Waals surface area contributed by atoms with Gasteiger partial charge in [-0.15, -0.1) is 12.4 Å². The molecule has 2 aliphatic heterocycles. The molecule has 13 heteroatoms. The number of aryl methyl sites for hydroxylation is 1. The molecule has 54 heavy (non-hydrogen) atoms. The topological polar surface area (TPSA) is 109 Å². The monoisotopic (exact) mass is 765 g/mol. The maximum atomic E-state index is 14.8. The molecule has 1 atom stereocenters. The Morgan fingerprint density at radius 2 is 1.72 bits per heavy atom. The van der Waals surface area contributed by atoms with Crippen molar-refractivity contribution in [3.8, 4) is 17.0 Å². The van der Waals surface area contributed by atoms with Crippen molar-refractivity contribution in [3.63, 3.8) is 0 Å². The number of anilines is 2. The third kappa shape index (κ3) is 6.96. The van der Waals surface area contributed by atoms with Crippen LogP contribution in [0.25, 0.3) is 22.3 Å². The van der Waals surface area contributed by atoms with Crippen molar-refractivity contribution in [1.29, 1.82) is 0 Å². The Balaban J connectivity index is 0.00000450. The minimum Gasteiger partial charge on any atom is -0.506 e. The van der Waals surface area contributed by atoms with Crippen LogP contribution in [0.4, 0.5) is 11.5 Å². The van der Waals surface area contributed by atoms with E-state index >= 15 is 0 Å². The molecule has 2 aliphatic rings. The van der Waals surface area contributed by atoms with Gasteiger partial charge in [0.1, 0.15) is 17.2 Å². The minimum absolute atomic E-state index is 0. The van der Waals surface area contributed by atoms with Crippen LogP contribution in [0.3, 0.4) is 0 Å². The summed E-state index contributed by atoms with van der Waals surface area (Å²) in [5.41, 5.74) is 6.64. The van der Waals surface area contributed by atoms with E-state index in [1.165, 1.54) is 22.7 Å². The molecule has 0 unspecified atom stereocenters. The number of halogens is 2. The van der Waals surface area contributed by atoms with E-state index in [1.807, 2.05) is 65.5 Å². The second-order valence-corrected chi connectivity index (χ2v) is 14.2. The maximum Gasteiger partial charge on any atom is 0.265 e. The number of hydrogen-bond donors (Lipinski definition) is 1. The summed E-state index contributed by atoms with van der Waals surface area (Å²) in [6, 6.07) is 22.4. The molecule has 1 N–H and O–H groups in total. The van der Waals surface area contributed by atoms with Gasteiger partial charge in [-0.25, -0.2) is 9.97 Å². The first-order chi connectivity index (χ1) is 25.7. The number of carbonyl (C=O) groups excluding carboxylic acids is 2. The van der Waals surface area contributed by atoms with E-state index in [-0.39, 0.29) is 36.0 Å². The Labute approximate surface area is 324 Å². The molecule has 0 saturated carbocycles. The van der Waals surface area contributed by atoms with Gasteiger partial charge in [0.2, 0.25) is 0 Å². The smallest absolute Gasteiger partial charge is 0.265 e. The number of aromatic hydroxyl groups is 1. The number of benzene rings is 2. The average molecular weight is 767 g/mol. The van der Waals surface area contributed by atoms with Crippen molar-refractivity contribution in [2.45, 2.75) is 25.9 Å². The zero-order valence-electron chi connectivity index (χ0n) is 30.3. The van der Waals surface area contributed by atoms with Crippen molar-refractivity contribution < 1.29 is 19.4 Å². The second kappa shape index (κ2) is 15.3. The number of pyridine rings is 2. The fourth-order valence-electron chi connectivity index (χ4n) is 7.56. The third-order valence-corrected chi connectivity index (χ3v) is 10.8. The molecule has 2 aromatic carbocycles. The number of nitrogens with zero attached hydrogens (tertiary/aromatic N) is 7. The van der Waals surface area contributed by atoms with Gasteiger partial charge in [0.25, 0.3) is 11.8 Å². The van der Waals surface area contributed by atoms with E-state index in [0.717, 1.165) is 42.7 Å². The van der Waals surface area contributed by atoms with Crippen LogP contribution in [0, 0.1) is 6.92 Å². The van der Waals surface area contributed by atoms with Gasteiger partial charge in [-0.05, 0) is 73.0 Å². The predicted octanol–water partition coefficient (Wildman–Crippen LogP) is 6.94. The van der Waals surface area contributed by atoms with Crippen molar-refractivity contribution in [2.24, 2.45) is 14.1 Å². The maximum absolute atomic E-state index is 14.8. The van der Waals surface area contributed by atoms with E-state index in [9.17, 15) is 14.7 Å². The lowest BCUT2D eigenvalue weighted by atomic mass is 9.92. The first-order valence-corrected chi connectivity index (χ1v) is 18.1. The molecular weight excluding hydrogens is 725 g/mol. The van der Waals surface area contributed by atoms with Gasteiger partial charge < -0.3 is 23.9 Å². The number of fused-ring (bicyclic) bond motifs is 2. The van der Waals surface area contributed by atoms with Gasteiger partial charge in [-0.2, -0.15) is 0 Å². The fourth-order valence-corrected chi connectivity index (χ4v) is 7.74. The molecule has 6 heterocycles. The summed E-state index contributed by atoms with van der Waals surface area (Å²) >= 11 is 6.65. The van der Waals surface area contributed by atoms with E-state index in [4.69, 9.17) is 16.3 Å². The van der Waals surface area contributed by atoms with Crippen LogP contribution in [0.5, 0.6) is 5.75 Å². The summed E-state index contributed by atoms with van der Waals surface area (Å²) in [6.45, 7) is 6.16. The molecule has 0 bridgehead atoms. The number of aromatic nitrogens is 4. The van der Waals surface area contributed by atoms with Gasteiger partial charge in [-0.3, -0.25) is 19.4 Å². The Bertz CT molecular complexity index is 2350. The SMILES string of the molecule is Cc1c(C(=O)N(c2cnc3c(ccn3C)c2)c2ccc(O)cn2)cc(-c2cc(Cl)ccc2C(=O)N2Cc3ccccc3C[C@H]2CN2CCOCC2)n1C.Cl. The number of ether oxygens (including phenoxy) is 1. The Hall–Kier alpha value is -5.20. The number of hydrogen-bond acceptors (Lipinski definition) is 7. The van der Waals surface area contributed by atoms with Gasteiger partial charge in [0, 0.05) is 85.4 Å². The van der Waals surface area contributed by atoms with E-state index in [0.29, 0.717) is 64.4 Å². The highest BCUT2D eigenvalue weighted by Gasteiger charge is 2.34. The highest BCUT2D eigenvalue weighted by atomic mass is 35.5. The van der Waals surface area contributed by atoms with Gasteiger partial charge in [0.15, 0.2) is 0 Å². The van der Waals surface area contributed by atoms with Crippen LogP contribution in [-0.2, 0) is 31.8 Å². The lowest BCUT2D eigenvalue weighted by Gasteiger charge is -2.40. The predicted molar refractivity (Wildman–Crippen MR) is 212 cm³/mol. The molecule has 11 nitrogen and oxygen atoms in total. The minimum atomic E-state index is -0.340. The van der Waals surface area contributed by atoms with E-state index in [1.54, 1.807) is 30.5 Å². The number of morpholine rings is 1. The molecule has 1 saturated heterocycles. The third-order valence-electron chi connectivity index (χ3n) is 10.6. The van der Waals surface area contributed by atoms with Crippen molar-refractivity contribution >= 4 is 58.4 Å². The molecule has 8 rings (SSSR count). The van der Waals surface area contributed by atoms with Crippen molar-refractivity contribution in [3.05, 3.63) is 124 Å². The summed E-state index contributed by atoms with van der Waals surface area (Å²) in [5.74, 6) is -0.121. The van der Waals surface area contributed by atoms with Crippen LogP contribution < -0.4 is 4.90 Å². The van der Waals surface area contributed by atoms with Gasteiger partial charge >= 0.3 is 0 Å². The molecule has 0 spiro atoms. The molecule has 6 aromatic rings. The summed E-state index contributed by atoms with van der Waals surface area (Å²) < 4.78 is 9.45. The Morgan fingerprint density at radius 3 is 2.48 bits per heavy atom. The fraction of sp³-hybridized carbons (Fsp3) is 0.268. The molecule has 1 fully saturated rings. The van der Waals surface area contributed by atoms with E-state index < -0.39 is 0 Å². The van der Waals surface area contributed by atoms with Crippen LogP contribution >= 0.6 is 24.0 Å². The zero-order valence-corrected chi connectivity index (χ0v) is 31.8. The molecule has 0 aliphatic carbocycles. The normalized spacial score (nSPS) is 15.9. The number of amides is 2. The standard InChI is InChI=1S/C41H40ClN7O4.ClH/c1-26-35(41(52)49(38-11-9-33(50)23-43-38)31-19-28-12-13-45(2)39(28)44-22-31)21-37(46(26)3)36-20-30(42)8-10-34(36)40(51)48-24-29-7-5-4-6-27(29)18-32(48)25-47-14-16-53-17-15-47;/h4-13,19-23,32,50H,14-18,24-25H2,1-3H3;1H/t32-;/m0./s1. The van der Waals surface area contributed by atoms with Gasteiger partial charge in [0.05, 0.1) is 36.9 Å². The van der Waals surface area contributed by atoms with Crippen molar-refractivity contribution in [2.75, 3.05) is 37.7 Å². The summed E-state index contributed by atoms with van der Waals surface area (Å²) in [4.78, 5) is 44.5. The Kier molecular flexibility index (Phi) is 10.5. The average Bonchev–Trinajstić information content (AvgIpc) is 3.69. The first-order valence-electron chi connectivity index (χ1n) is 17.7. The second-order valence-electron chi connectivity index (χ2n) is 13.8. The first kappa shape index (κ1) is 37.1. The lowest BCUT2D eigenvalue weighted by molar-refractivity contribution is 0.0193. The highest BCUT2D eigenvalue weighted by molar-refractivity contribution is 6.31. The van der Waals surface area contributed by atoms with Crippen LogP contribution in [0.2, 0.25) is 5.02 Å².